The van der Waals surface area contributed by atoms with Crippen molar-refractivity contribution in [2.24, 2.45) is 0 Å². The van der Waals surface area contributed by atoms with E-state index < -0.39 is 0 Å². The lowest BCUT2D eigenvalue weighted by Gasteiger charge is -2.18. The van der Waals surface area contributed by atoms with Gasteiger partial charge in [0.05, 0.1) is 23.5 Å². The molecule has 0 aliphatic carbocycles. The van der Waals surface area contributed by atoms with Crippen LogP contribution in [0.1, 0.15) is 24.2 Å². The zero-order valence-electron chi connectivity index (χ0n) is 12.5. The Hall–Kier alpha value is -2.04. The van der Waals surface area contributed by atoms with Crippen molar-refractivity contribution in [1.29, 1.82) is 0 Å². The summed E-state index contributed by atoms with van der Waals surface area (Å²) in [7, 11) is 4.07. The molecule has 4 heteroatoms. The van der Waals surface area contributed by atoms with Gasteiger partial charge in [-0.15, -0.1) is 0 Å². The van der Waals surface area contributed by atoms with Crippen LogP contribution in [-0.2, 0) is 6.61 Å². The quantitative estimate of drug-likeness (QED) is 0.802. The Morgan fingerprint density at radius 3 is 2.71 bits per heavy atom. The Balaban J connectivity index is 2.32. The normalized spacial score (nSPS) is 13.2. The van der Waals surface area contributed by atoms with Crippen LogP contribution >= 0.6 is 0 Å². The van der Waals surface area contributed by atoms with E-state index in [0.29, 0.717) is 0 Å². The number of rotatable bonds is 3. The number of aliphatic hydroxyl groups is 1. The van der Waals surface area contributed by atoms with Crippen molar-refractivity contribution in [3.63, 3.8) is 0 Å². The van der Waals surface area contributed by atoms with Gasteiger partial charge in [0.25, 0.3) is 0 Å². The van der Waals surface area contributed by atoms with Crippen molar-refractivity contribution < 1.29 is 5.11 Å². The van der Waals surface area contributed by atoms with E-state index in [9.17, 15) is 5.11 Å². The van der Waals surface area contributed by atoms with E-state index in [1.165, 1.54) is 0 Å². The Kier molecular flexibility index (Phi) is 3.57. The molecule has 0 amide bonds. The maximum absolute atomic E-state index is 9.62. The molecule has 0 radical (unpaired) electrons. The molecule has 108 valence electrons. The molecule has 3 rings (SSSR count). The molecule has 1 unspecified atom stereocenters. The number of fused-ring (bicyclic) bond motifs is 3. The van der Waals surface area contributed by atoms with E-state index in [1.807, 2.05) is 32.3 Å². The molecule has 0 bridgehead atoms. The second kappa shape index (κ2) is 5.39. The summed E-state index contributed by atoms with van der Waals surface area (Å²) in [5, 5.41) is 10.7. The largest absolute Gasteiger partial charge is 0.392 e. The fourth-order valence-corrected chi connectivity index (χ4v) is 2.51. The highest BCUT2D eigenvalue weighted by molar-refractivity contribution is 5.97. The van der Waals surface area contributed by atoms with Crippen molar-refractivity contribution in [1.82, 2.24) is 14.9 Å². The monoisotopic (exact) mass is 281 g/mol. The number of nitrogens with zero attached hydrogens (tertiary/aromatic N) is 3. The van der Waals surface area contributed by atoms with Crippen molar-refractivity contribution in [2.75, 3.05) is 14.1 Å². The lowest BCUT2D eigenvalue weighted by atomic mass is 10.1. The number of benzene rings is 1. The molecule has 1 atom stereocenters. The highest BCUT2D eigenvalue weighted by atomic mass is 16.3. The fraction of sp³-hybridized carbons (Fsp3) is 0.294. The molecule has 4 nitrogen and oxygen atoms in total. The summed E-state index contributed by atoms with van der Waals surface area (Å²) in [6.45, 7) is 2.06. The molecular weight excluding hydrogens is 262 g/mol. The van der Waals surface area contributed by atoms with Crippen LogP contribution in [0.4, 0.5) is 0 Å². The molecule has 0 spiro atoms. The van der Waals surface area contributed by atoms with Crippen LogP contribution in [0.3, 0.4) is 0 Å². The van der Waals surface area contributed by atoms with Gasteiger partial charge in [-0.05, 0) is 33.2 Å². The minimum Gasteiger partial charge on any atom is -0.392 e. The second-order valence-corrected chi connectivity index (χ2v) is 5.54. The molecule has 2 aliphatic rings. The van der Waals surface area contributed by atoms with Crippen molar-refractivity contribution in [3.8, 4) is 11.3 Å². The van der Waals surface area contributed by atoms with Crippen LogP contribution < -0.4 is 0 Å². The Bertz CT molecular complexity index is 754. The summed E-state index contributed by atoms with van der Waals surface area (Å²) in [5.41, 5.74) is 4.58. The lowest BCUT2D eigenvalue weighted by Crippen LogP contribution is -2.17. The molecule has 2 aliphatic heterocycles. The lowest BCUT2D eigenvalue weighted by molar-refractivity contribution is 0.281. The first-order valence-electron chi connectivity index (χ1n) is 7.06. The Morgan fingerprint density at radius 1 is 1.24 bits per heavy atom. The second-order valence-electron chi connectivity index (χ2n) is 5.54. The standard InChI is InChI=1S/C17H19N3O/c1-11(20(2)3)16-8-14-13-6-4-5-7-15(13)19-17(14)12(10-21)9-18-16/h4-9,11,21H,10H2,1-3H3. The molecule has 0 aromatic heterocycles. The van der Waals surface area contributed by atoms with Crippen LogP contribution in [0.2, 0.25) is 0 Å². The van der Waals surface area contributed by atoms with E-state index in [2.05, 4.69) is 33.9 Å². The van der Waals surface area contributed by atoms with Crippen molar-refractivity contribution in [3.05, 3.63) is 47.8 Å². The summed E-state index contributed by atoms with van der Waals surface area (Å²) in [5.74, 6) is 0. The first-order chi connectivity index (χ1) is 10.1. The molecular formula is C17H19N3O. The number of aliphatic hydroxyl groups excluding tert-OH is 1. The van der Waals surface area contributed by atoms with E-state index in [0.717, 1.165) is 33.4 Å². The SMILES string of the molecule is CC(c1cc2c3ccccc3nc-2c(CO)cn1)N(C)C. The van der Waals surface area contributed by atoms with E-state index in [4.69, 9.17) is 0 Å². The predicted octanol–water partition coefficient (Wildman–Crippen LogP) is 2.85. The first kappa shape index (κ1) is 13.9. The maximum atomic E-state index is 9.62. The summed E-state index contributed by atoms with van der Waals surface area (Å²) < 4.78 is 0. The summed E-state index contributed by atoms with van der Waals surface area (Å²) in [6, 6.07) is 10.3. The van der Waals surface area contributed by atoms with Crippen molar-refractivity contribution in [2.45, 2.75) is 19.6 Å². The topological polar surface area (TPSA) is 49.3 Å². The third kappa shape index (κ3) is 2.37. The van der Waals surface area contributed by atoms with Gasteiger partial charge in [0, 0.05) is 28.8 Å². The number of aromatic nitrogens is 2. The van der Waals surface area contributed by atoms with Gasteiger partial charge in [0.1, 0.15) is 0 Å². The molecule has 0 fully saturated rings. The Labute approximate surface area is 124 Å². The highest BCUT2D eigenvalue weighted by Gasteiger charge is 2.18. The average Bonchev–Trinajstić information content (AvgIpc) is 2.74. The van der Waals surface area contributed by atoms with Gasteiger partial charge in [-0.2, -0.15) is 0 Å². The molecule has 0 saturated heterocycles. The average molecular weight is 281 g/mol. The summed E-state index contributed by atoms with van der Waals surface area (Å²) >= 11 is 0. The molecule has 1 aromatic carbocycles. The first-order valence-corrected chi connectivity index (χ1v) is 7.06. The van der Waals surface area contributed by atoms with Gasteiger partial charge in [-0.25, -0.2) is 4.98 Å². The minimum absolute atomic E-state index is 0.0582. The van der Waals surface area contributed by atoms with Gasteiger partial charge in [0.15, 0.2) is 0 Å². The van der Waals surface area contributed by atoms with Gasteiger partial charge < -0.3 is 10.0 Å². The molecule has 0 saturated carbocycles. The zero-order chi connectivity index (χ0) is 15.0. The number of para-hydroxylation sites is 1. The van der Waals surface area contributed by atoms with Crippen molar-refractivity contribution >= 4 is 10.9 Å². The van der Waals surface area contributed by atoms with Crippen LogP contribution in [0.15, 0.2) is 36.5 Å². The van der Waals surface area contributed by atoms with Crippen LogP contribution in [-0.4, -0.2) is 34.1 Å². The van der Waals surface area contributed by atoms with Gasteiger partial charge in [0.2, 0.25) is 0 Å². The molecule has 1 N–H and O–H groups in total. The smallest absolute Gasteiger partial charge is 0.0787 e. The van der Waals surface area contributed by atoms with Crippen LogP contribution in [0.25, 0.3) is 22.2 Å². The minimum atomic E-state index is -0.0582. The van der Waals surface area contributed by atoms with Gasteiger partial charge >= 0.3 is 0 Å². The van der Waals surface area contributed by atoms with Crippen LogP contribution in [0.5, 0.6) is 0 Å². The zero-order valence-corrected chi connectivity index (χ0v) is 12.5. The molecule has 21 heavy (non-hydrogen) atoms. The summed E-state index contributed by atoms with van der Waals surface area (Å²) in [6.07, 6.45) is 1.74. The maximum Gasteiger partial charge on any atom is 0.0787 e. The van der Waals surface area contributed by atoms with E-state index in [1.54, 1.807) is 6.20 Å². The third-order valence-corrected chi connectivity index (χ3v) is 4.02. The van der Waals surface area contributed by atoms with Gasteiger partial charge in [-0.1, -0.05) is 18.2 Å². The van der Waals surface area contributed by atoms with E-state index >= 15 is 0 Å². The Morgan fingerprint density at radius 2 is 2.00 bits per heavy atom. The molecule has 1 aromatic rings. The number of hydrogen-bond donors (Lipinski definition) is 1. The third-order valence-electron chi connectivity index (χ3n) is 4.02. The van der Waals surface area contributed by atoms with Gasteiger partial charge in [-0.3, -0.25) is 4.98 Å². The number of hydrogen-bond acceptors (Lipinski definition) is 4. The molecule has 2 heterocycles. The van der Waals surface area contributed by atoms with E-state index in [-0.39, 0.29) is 12.6 Å². The van der Waals surface area contributed by atoms with Crippen LogP contribution in [0, 0.1) is 0 Å². The highest BCUT2D eigenvalue weighted by Crippen LogP contribution is 2.34. The predicted molar refractivity (Wildman–Crippen MR) is 84.2 cm³/mol. The summed E-state index contributed by atoms with van der Waals surface area (Å²) in [4.78, 5) is 11.3. The fourth-order valence-electron chi connectivity index (χ4n) is 2.51.